The lowest BCUT2D eigenvalue weighted by atomic mass is 9.64. The Labute approximate surface area is 330 Å². The van der Waals surface area contributed by atoms with Crippen LogP contribution in [-0.4, -0.2) is 51.1 Å². The maximum atomic E-state index is 7.37. The Morgan fingerprint density at radius 1 is 0.717 bits per heavy atom. The molecule has 0 bridgehead atoms. The summed E-state index contributed by atoms with van der Waals surface area (Å²) in [6, 6.07) is 4.83. The fourth-order valence-electron chi connectivity index (χ4n) is 11.2. The number of rotatable bonds is 15. The number of nitrogens with zero attached hydrogens (tertiary/aromatic N) is 2. The molecule has 4 nitrogen and oxygen atoms in total. The molecule has 1 aromatic carbocycles. The van der Waals surface area contributed by atoms with Crippen molar-refractivity contribution in [3.05, 3.63) is 53.3 Å². The van der Waals surface area contributed by atoms with E-state index in [1.54, 1.807) is 0 Å². The van der Waals surface area contributed by atoms with E-state index < -0.39 is 0 Å². The van der Waals surface area contributed by atoms with Gasteiger partial charge in [-0.15, -0.1) is 0 Å². The number of likely N-dealkylation sites (tertiary alicyclic amines) is 2. The highest BCUT2D eigenvalue weighted by molar-refractivity contribution is 5.61. The van der Waals surface area contributed by atoms with Gasteiger partial charge in [0, 0.05) is 40.7 Å². The summed E-state index contributed by atoms with van der Waals surface area (Å²) in [5.41, 5.74) is 12.9. The molecule has 0 spiro atoms. The van der Waals surface area contributed by atoms with E-state index in [4.69, 9.17) is 23.6 Å². The summed E-state index contributed by atoms with van der Waals surface area (Å²) in [4.78, 5) is 5.49. The number of nitrogen functional groups attached to an aromatic ring is 1. The van der Waals surface area contributed by atoms with Crippen LogP contribution in [0.2, 0.25) is 0 Å². The van der Waals surface area contributed by atoms with Crippen molar-refractivity contribution in [2.24, 2.45) is 11.3 Å². The molecule has 2 fully saturated rings. The minimum Gasteiger partial charge on any atom is -0.494 e. The maximum Gasteiger partial charge on any atom is 0.102 e. The zero-order valence-electron chi connectivity index (χ0n) is 38.3. The standard InChI is InChI=1S/C49H87N3O/c1-20-23-24-49(32-37-28-40(43(6,7)8)42(50)41(29-37)44(9,10)11,35(4)27-38-30-45(12,13)51(25-21-2)46(14,15)31-38)36(5)53-39-33-47(16,17)52(26-22-3)48(18,19)34-39/h28-29,38-39H,4-5,20-27,30-34,50H2,1-3,6-19H3. The van der Waals surface area contributed by atoms with E-state index in [0.29, 0.717) is 5.92 Å². The van der Waals surface area contributed by atoms with Gasteiger partial charge in [-0.25, -0.2) is 0 Å². The van der Waals surface area contributed by atoms with Crippen molar-refractivity contribution in [3.63, 3.8) is 0 Å². The summed E-state index contributed by atoms with van der Waals surface area (Å²) < 4.78 is 7.37. The molecule has 3 rings (SSSR count). The Kier molecular flexibility index (Phi) is 14.1. The van der Waals surface area contributed by atoms with Gasteiger partial charge in [0.15, 0.2) is 0 Å². The molecule has 2 heterocycles. The van der Waals surface area contributed by atoms with Crippen LogP contribution < -0.4 is 5.73 Å². The van der Waals surface area contributed by atoms with E-state index in [0.717, 1.165) is 75.9 Å². The van der Waals surface area contributed by atoms with Crippen molar-refractivity contribution in [1.82, 2.24) is 9.80 Å². The molecular weight excluding hydrogens is 647 g/mol. The van der Waals surface area contributed by atoms with Crippen LogP contribution in [-0.2, 0) is 22.0 Å². The van der Waals surface area contributed by atoms with Crippen molar-refractivity contribution in [2.45, 2.75) is 227 Å². The van der Waals surface area contributed by atoms with Crippen molar-refractivity contribution < 1.29 is 4.74 Å². The number of hydrogen-bond donors (Lipinski definition) is 1. The molecule has 53 heavy (non-hydrogen) atoms. The van der Waals surface area contributed by atoms with E-state index >= 15 is 0 Å². The van der Waals surface area contributed by atoms with E-state index in [-0.39, 0.29) is 44.5 Å². The number of hydrogen-bond acceptors (Lipinski definition) is 4. The molecule has 1 aromatic rings. The Hall–Kier alpha value is -1.78. The molecule has 0 radical (unpaired) electrons. The summed E-state index contributed by atoms with van der Waals surface area (Å²) in [6.07, 6.45) is 11.8. The average molecular weight is 734 g/mol. The minimum atomic E-state index is -0.389. The predicted molar refractivity (Wildman–Crippen MR) is 234 cm³/mol. The van der Waals surface area contributed by atoms with Crippen LogP contribution in [0.25, 0.3) is 0 Å². The molecule has 1 atom stereocenters. The minimum absolute atomic E-state index is 0.0373. The Morgan fingerprint density at radius 3 is 1.51 bits per heavy atom. The van der Waals surface area contributed by atoms with Gasteiger partial charge in [0.1, 0.15) is 6.10 Å². The molecule has 4 heteroatoms. The first-order chi connectivity index (χ1) is 24.1. The smallest absolute Gasteiger partial charge is 0.102 e. The first kappa shape index (κ1) is 45.6. The van der Waals surface area contributed by atoms with Crippen molar-refractivity contribution >= 4 is 5.69 Å². The highest BCUT2D eigenvalue weighted by Crippen LogP contribution is 2.52. The fraction of sp³-hybridized carbons (Fsp3) is 0.796. The van der Waals surface area contributed by atoms with Crippen molar-refractivity contribution in [1.29, 1.82) is 0 Å². The SMILES string of the molecule is C=C(CC1CC(C)(C)N(CCC)C(C)(C)C1)C(CCCC)(Cc1cc(C(C)(C)C)c(N)c(C(C)(C)C)c1)C(=C)OC1CC(C)(C)N(CCC)C(C)(C)C1. The highest BCUT2D eigenvalue weighted by Gasteiger charge is 2.49. The second kappa shape index (κ2) is 16.4. The summed E-state index contributed by atoms with van der Waals surface area (Å²) in [7, 11) is 0. The van der Waals surface area contributed by atoms with Crippen LogP contribution in [0, 0.1) is 11.3 Å². The molecule has 2 aliphatic heterocycles. The van der Waals surface area contributed by atoms with Crippen molar-refractivity contribution in [2.75, 3.05) is 18.8 Å². The summed E-state index contributed by atoms with van der Waals surface area (Å²) >= 11 is 0. The van der Waals surface area contributed by atoms with E-state index in [2.05, 4.69) is 140 Å². The summed E-state index contributed by atoms with van der Waals surface area (Å²) in [5.74, 6) is 1.48. The molecule has 0 amide bonds. The van der Waals surface area contributed by atoms with Crippen LogP contribution in [0.1, 0.15) is 199 Å². The predicted octanol–water partition coefficient (Wildman–Crippen LogP) is 13.2. The average Bonchev–Trinajstić information content (AvgIpc) is 2.97. The van der Waals surface area contributed by atoms with Crippen LogP contribution in [0.3, 0.4) is 0 Å². The van der Waals surface area contributed by atoms with Crippen LogP contribution in [0.15, 0.2) is 36.6 Å². The van der Waals surface area contributed by atoms with Gasteiger partial charge in [-0.2, -0.15) is 0 Å². The first-order valence-corrected chi connectivity index (χ1v) is 21.6. The lowest BCUT2D eigenvalue weighted by Crippen LogP contribution is -2.62. The van der Waals surface area contributed by atoms with Gasteiger partial charge in [0.25, 0.3) is 0 Å². The van der Waals surface area contributed by atoms with Gasteiger partial charge in [-0.05, 0) is 147 Å². The lowest BCUT2D eigenvalue weighted by Gasteiger charge is -2.56. The van der Waals surface area contributed by atoms with Crippen molar-refractivity contribution in [3.8, 4) is 0 Å². The monoisotopic (exact) mass is 734 g/mol. The van der Waals surface area contributed by atoms with Crippen LogP contribution >= 0.6 is 0 Å². The number of unbranched alkanes of at least 4 members (excludes halogenated alkanes) is 1. The quantitative estimate of drug-likeness (QED) is 0.111. The third-order valence-electron chi connectivity index (χ3n) is 13.2. The maximum absolute atomic E-state index is 7.37. The second-order valence-corrected chi connectivity index (χ2v) is 22.2. The lowest BCUT2D eigenvalue weighted by molar-refractivity contribution is -0.0956. The number of ether oxygens (including phenoxy) is 1. The molecule has 304 valence electrons. The number of nitrogens with two attached hydrogens (primary N) is 1. The molecule has 0 aliphatic carbocycles. The van der Waals surface area contributed by atoms with E-state index in [1.807, 2.05) is 0 Å². The molecule has 0 aromatic heterocycles. The van der Waals surface area contributed by atoms with E-state index in [9.17, 15) is 0 Å². The Morgan fingerprint density at radius 2 is 1.13 bits per heavy atom. The second-order valence-electron chi connectivity index (χ2n) is 22.2. The van der Waals surface area contributed by atoms with Gasteiger partial charge in [-0.3, -0.25) is 9.80 Å². The molecule has 2 N–H and O–H groups in total. The number of piperidine rings is 2. The number of anilines is 1. The van der Waals surface area contributed by atoms with Gasteiger partial charge in [-0.1, -0.05) is 106 Å². The molecule has 2 saturated heterocycles. The third-order valence-corrected chi connectivity index (χ3v) is 13.2. The van der Waals surface area contributed by atoms with Crippen LogP contribution in [0.5, 0.6) is 0 Å². The van der Waals surface area contributed by atoms with Gasteiger partial charge >= 0.3 is 0 Å². The van der Waals surface area contributed by atoms with Gasteiger partial charge in [0.2, 0.25) is 0 Å². The van der Waals surface area contributed by atoms with E-state index in [1.165, 1.54) is 41.5 Å². The molecular formula is C49H87N3O. The topological polar surface area (TPSA) is 41.7 Å². The normalized spacial score (nSPS) is 22.4. The number of allylic oxidation sites excluding steroid dienone is 1. The highest BCUT2D eigenvalue weighted by atomic mass is 16.5. The number of benzene rings is 1. The zero-order valence-corrected chi connectivity index (χ0v) is 38.3. The van der Waals surface area contributed by atoms with Crippen LogP contribution in [0.4, 0.5) is 5.69 Å². The largest absolute Gasteiger partial charge is 0.494 e. The summed E-state index contributed by atoms with van der Waals surface area (Å²) in [5, 5.41) is 0. The fourth-order valence-corrected chi connectivity index (χ4v) is 11.2. The third kappa shape index (κ3) is 10.3. The summed E-state index contributed by atoms with van der Waals surface area (Å²) in [6.45, 7) is 52.5. The molecule has 0 saturated carbocycles. The first-order valence-electron chi connectivity index (χ1n) is 21.6. The molecule has 1 unspecified atom stereocenters. The van der Waals surface area contributed by atoms with Gasteiger partial charge in [0.05, 0.1) is 11.2 Å². The molecule has 2 aliphatic rings. The van der Waals surface area contributed by atoms with Gasteiger partial charge < -0.3 is 10.5 Å². The Bertz CT molecular complexity index is 1280. The Balaban J connectivity index is 2.19. The zero-order chi connectivity index (χ0) is 40.6.